The number of rotatable bonds is 2. The van der Waals surface area contributed by atoms with E-state index in [0.717, 1.165) is 12.8 Å². The van der Waals surface area contributed by atoms with Crippen LogP contribution in [-0.4, -0.2) is 18.6 Å². The number of carbonyl (C=O) groups is 1. The molecule has 0 saturated heterocycles. The lowest BCUT2D eigenvalue weighted by molar-refractivity contribution is -0.141. The van der Waals surface area contributed by atoms with Crippen LogP contribution in [0.1, 0.15) is 32.6 Å². The summed E-state index contributed by atoms with van der Waals surface area (Å²) in [6.07, 6.45) is -1.01. The second-order valence-corrected chi connectivity index (χ2v) is 4.29. The van der Waals surface area contributed by atoms with Crippen LogP contribution in [0.15, 0.2) is 0 Å². The zero-order chi connectivity index (χ0) is 11.5. The van der Waals surface area contributed by atoms with Crippen molar-refractivity contribution in [2.75, 3.05) is 6.54 Å². The summed E-state index contributed by atoms with van der Waals surface area (Å²) >= 11 is 0. The first kappa shape index (κ1) is 12.3. The molecule has 1 fully saturated rings. The first-order chi connectivity index (χ1) is 6.88. The normalized spacial score (nSPS) is 27.5. The molecule has 0 spiro atoms. The molecule has 0 aromatic heterocycles. The average molecular weight is 223 g/mol. The van der Waals surface area contributed by atoms with Gasteiger partial charge < -0.3 is 5.32 Å². The van der Waals surface area contributed by atoms with E-state index in [0.29, 0.717) is 18.8 Å². The Labute approximate surface area is 87.2 Å². The number of nitrogens with one attached hydrogen (secondary N) is 1. The van der Waals surface area contributed by atoms with Crippen molar-refractivity contribution >= 4 is 5.91 Å². The van der Waals surface area contributed by atoms with Crippen LogP contribution in [0.2, 0.25) is 0 Å². The molecule has 1 N–H and O–H groups in total. The Morgan fingerprint density at radius 2 is 1.80 bits per heavy atom. The summed E-state index contributed by atoms with van der Waals surface area (Å²) < 4.78 is 35.5. The van der Waals surface area contributed by atoms with Gasteiger partial charge in [0.15, 0.2) is 0 Å². The summed E-state index contributed by atoms with van der Waals surface area (Å²) in [7, 11) is 0. The Hall–Kier alpha value is -0.740. The van der Waals surface area contributed by atoms with E-state index >= 15 is 0 Å². The lowest BCUT2D eigenvalue weighted by atomic mass is 9.82. The van der Waals surface area contributed by atoms with Gasteiger partial charge in [0.1, 0.15) is 6.54 Å². The quantitative estimate of drug-likeness (QED) is 0.765. The van der Waals surface area contributed by atoms with Gasteiger partial charge >= 0.3 is 6.18 Å². The molecular weight excluding hydrogens is 207 g/mol. The van der Waals surface area contributed by atoms with Gasteiger partial charge in [-0.3, -0.25) is 4.79 Å². The highest BCUT2D eigenvalue weighted by Gasteiger charge is 2.30. The molecule has 1 rings (SSSR count). The van der Waals surface area contributed by atoms with Crippen molar-refractivity contribution in [1.29, 1.82) is 0 Å². The number of carbonyl (C=O) groups excluding carboxylic acids is 1. The molecular formula is C10H16F3NO. The predicted molar refractivity (Wildman–Crippen MR) is 50.2 cm³/mol. The van der Waals surface area contributed by atoms with Gasteiger partial charge in [0.2, 0.25) is 5.91 Å². The van der Waals surface area contributed by atoms with Crippen LogP contribution in [0.25, 0.3) is 0 Å². The Morgan fingerprint density at radius 3 is 2.27 bits per heavy atom. The number of hydrogen-bond acceptors (Lipinski definition) is 1. The third kappa shape index (κ3) is 4.53. The maximum atomic E-state index is 11.8. The van der Waals surface area contributed by atoms with Gasteiger partial charge in [0.05, 0.1) is 0 Å². The second kappa shape index (κ2) is 4.86. The summed E-state index contributed by atoms with van der Waals surface area (Å²) in [6.45, 7) is 0.891. The third-order valence-electron chi connectivity index (χ3n) is 2.85. The Morgan fingerprint density at radius 1 is 1.27 bits per heavy atom. The molecule has 1 saturated carbocycles. The van der Waals surface area contributed by atoms with Gasteiger partial charge in [-0.2, -0.15) is 13.2 Å². The molecule has 0 heterocycles. The summed E-state index contributed by atoms with van der Waals surface area (Å²) in [6, 6.07) is 0. The maximum absolute atomic E-state index is 11.8. The van der Waals surface area contributed by atoms with Crippen molar-refractivity contribution in [3.63, 3.8) is 0 Å². The SMILES string of the molecule is CC1CCC(C(=O)NCC(F)(F)F)CC1. The van der Waals surface area contributed by atoms with Crippen molar-refractivity contribution in [2.24, 2.45) is 11.8 Å². The van der Waals surface area contributed by atoms with Gasteiger partial charge in [0, 0.05) is 5.92 Å². The van der Waals surface area contributed by atoms with Gasteiger partial charge in [-0.25, -0.2) is 0 Å². The van der Waals surface area contributed by atoms with E-state index in [1.165, 1.54) is 0 Å². The van der Waals surface area contributed by atoms with Crippen LogP contribution in [0, 0.1) is 11.8 Å². The fourth-order valence-electron chi connectivity index (χ4n) is 1.85. The zero-order valence-corrected chi connectivity index (χ0v) is 8.73. The third-order valence-corrected chi connectivity index (χ3v) is 2.85. The van der Waals surface area contributed by atoms with Gasteiger partial charge in [-0.15, -0.1) is 0 Å². The van der Waals surface area contributed by atoms with Crippen LogP contribution < -0.4 is 5.32 Å². The second-order valence-electron chi connectivity index (χ2n) is 4.29. The monoisotopic (exact) mass is 223 g/mol. The highest BCUT2D eigenvalue weighted by molar-refractivity contribution is 5.78. The summed E-state index contributed by atoms with van der Waals surface area (Å²) in [4.78, 5) is 11.3. The topological polar surface area (TPSA) is 29.1 Å². The smallest absolute Gasteiger partial charge is 0.347 e. The van der Waals surface area contributed by atoms with E-state index in [4.69, 9.17) is 0 Å². The summed E-state index contributed by atoms with van der Waals surface area (Å²) in [5, 5.41) is 1.94. The van der Waals surface area contributed by atoms with Crippen LogP contribution in [0.3, 0.4) is 0 Å². The summed E-state index contributed by atoms with van der Waals surface area (Å²) in [5.41, 5.74) is 0. The molecule has 88 valence electrons. The van der Waals surface area contributed by atoms with Gasteiger partial charge in [-0.05, 0) is 31.6 Å². The minimum atomic E-state index is -4.31. The number of hydrogen-bond donors (Lipinski definition) is 1. The van der Waals surface area contributed by atoms with Crippen LogP contribution >= 0.6 is 0 Å². The average Bonchev–Trinajstić information content (AvgIpc) is 2.14. The Bertz CT molecular complexity index is 219. The van der Waals surface area contributed by atoms with Crippen molar-refractivity contribution in [3.05, 3.63) is 0 Å². The van der Waals surface area contributed by atoms with Crippen molar-refractivity contribution in [3.8, 4) is 0 Å². The standard InChI is InChI=1S/C10H16F3NO/c1-7-2-4-8(5-3-7)9(15)14-6-10(11,12)13/h7-8H,2-6H2,1H3,(H,14,15). The van der Waals surface area contributed by atoms with E-state index in [9.17, 15) is 18.0 Å². The Kier molecular flexibility index (Phi) is 3.99. The van der Waals surface area contributed by atoms with Crippen LogP contribution in [0.5, 0.6) is 0 Å². The van der Waals surface area contributed by atoms with E-state index in [1.807, 2.05) is 5.32 Å². The first-order valence-electron chi connectivity index (χ1n) is 5.23. The lowest BCUT2D eigenvalue weighted by Crippen LogP contribution is -2.38. The highest BCUT2D eigenvalue weighted by Crippen LogP contribution is 2.28. The van der Waals surface area contributed by atoms with Crippen LogP contribution in [-0.2, 0) is 4.79 Å². The molecule has 0 bridgehead atoms. The van der Waals surface area contributed by atoms with Crippen LogP contribution in [0.4, 0.5) is 13.2 Å². The molecule has 1 aliphatic carbocycles. The van der Waals surface area contributed by atoms with Gasteiger partial charge in [-0.1, -0.05) is 6.92 Å². The minimum absolute atomic E-state index is 0.219. The fourth-order valence-corrected chi connectivity index (χ4v) is 1.85. The fraction of sp³-hybridized carbons (Fsp3) is 0.900. The number of amides is 1. The van der Waals surface area contributed by atoms with E-state index in [2.05, 4.69) is 6.92 Å². The zero-order valence-electron chi connectivity index (χ0n) is 8.73. The van der Waals surface area contributed by atoms with E-state index < -0.39 is 18.6 Å². The minimum Gasteiger partial charge on any atom is -0.347 e. The molecule has 2 nitrogen and oxygen atoms in total. The molecule has 0 aromatic rings. The molecule has 0 atom stereocenters. The van der Waals surface area contributed by atoms with Crippen molar-refractivity contribution in [2.45, 2.75) is 38.8 Å². The van der Waals surface area contributed by atoms with Gasteiger partial charge in [0.25, 0.3) is 0 Å². The molecule has 0 aromatic carbocycles. The molecule has 0 aliphatic heterocycles. The molecule has 15 heavy (non-hydrogen) atoms. The number of alkyl halides is 3. The molecule has 0 radical (unpaired) electrons. The molecule has 1 aliphatic rings. The Balaban J connectivity index is 2.29. The maximum Gasteiger partial charge on any atom is 0.405 e. The largest absolute Gasteiger partial charge is 0.405 e. The van der Waals surface area contributed by atoms with E-state index in [-0.39, 0.29) is 5.92 Å². The lowest BCUT2D eigenvalue weighted by Gasteiger charge is -2.25. The van der Waals surface area contributed by atoms with Crippen molar-refractivity contribution in [1.82, 2.24) is 5.32 Å². The molecule has 5 heteroatoms. The van der Waals surface area contributed by atoms with Crippen molar-refractivity contribution < 1.29 is 18.0 Å². The molecule has 1 amide bonds. The molecule has 0 unspecified atom stereocenters. The first-order valence-corrected chi connectivity index (χ1v) is 5.23. The summed E-state index contributed by atoms with van der Waals surface area (Å²) in [5.74, 6) is -0.0700. The van der Waals surface area contributed by atoms with E-state index in [1.54, 1.807) is 0 Å². The highest BCUT2D eigenvalue weighted by atomic mass is 19.4. The predicted octanol–water partition coefficient (Wildman–Crippen LogP) is 2.49. The number of halogens is 3.